The minimum atomic E-state index is -2.02. The molecule has 0 fully saturated rings. The van der Waals surface area contributed by atoms with Gasteiger partial charge >= 0.3 is 35.5 Å². The first-order valence-corrected chi connectivity index (χ1v) is 7.18. The molecule has 1 aromatic carbocycles. The Bertz CT molecular complexity index is 423. The van der Waals surface area contributed by atoms with Crippen molar-refractivity contribution in [3.8, 4) is 0 Å². The molecule has 0 spiro atoms. The van der Waals surface area contributed by atoms with Crippen LogP contribution in [0.1, 0.15) is 37.0 Å². The fourth-order valence-corrected chi connectivity index (χ4v) is 2.00. The maximum absolute atomic E-state index is 10.4. The smallest absolute Gasteiger partial charge is 0.478 e. The van der Waals surface area contributed by atoms with Gasteiger partial charge in [-0.1, -0.05) is 32.0 Å². The molecule has 0 aromatic heterocycles. The number of carboxylic acid groups (broad SMARTS) is 1. The standard InChI is InChI=1S/C7H6O2.C6H14NO2S.Na/c8-7(9)6-4-2-1-3-5-6;1-3-5-7(6-4-2)10(8)9;/h1-5H,(H,8,9);3-6H2,1-2H3;/q;-1;+1. The predicted molar refractivity (Wildman–Crippen MR) is 74.3 cm³/mol. The van der Waals surface area contributed by atoms with Crippen molar-refractivity contribution >= 4 is 16.9 Å². The maximum atomic E-state index is 10.4. The van der Waals surface area contributed by atoms with Crippen LogP contribution in [0, 0.1) is 0 Å². The molecule has 1 aromatic rings. The van der Waals surface area contributed by atoms with Crippen molar-refractivity contribution in [2.24, 2.45) is 0 Å². The van der Waals surface area contributed by atoms with E-state index in [4.69, 9.17) is 5.11 Å². The third-order valence-electron chi connectivity index (χ3n) is 2.18. The third-order valence-corrected chi connectivity index (χ3v) is 2.96. The summed E-state index contributed by atoms with van der Waals surface area (Å²) < 4.78 is 22.3. The average Bonchev–Trinajstić information content (AvgIpc) is 2.40. The summed E-state index contributed by atoms with van der Waals surface area (Å²) in [6.07, 6.45) is 1.77. The number of carboxylic acids is 1. The second kappa shape index (κ2) is 13.6. The Hall–Kier alpha value is -0.400. The minimum Gasteiger partial charge on any atom is -0.478 e. The van der Waals surface area contributed by atoms with Crippen molar-refractivity contribution in [2.45, 2.75) is 26.7 Å². The van der Waals surface area contributed by atoms with Gasteiger partial charge in [-0.25, -0.2) is 4.79 Å². The summed E-state index contributed by atoms with van der Waals surface area (Å²) in [7, 11) is -2.02. The van der Waals surface area contributed by atoms with Crippen molar-refractivity contribution in [3.05, 3.63) is 35.9 Å². The van der Waals surface area contributed by atoms with Gasteiger partial charge in [0, 0.05) is 0 Å². The minimum absolute atomic E-state index is 0. The fourth-order valence-electron chi connectivity index (χ4n) is 1.34. The van der Waals surface area contributed by atoms with Crippen LogP contribution in [0.3, 0.4) is 0 Å². The van der Waals surface area contributed by atoms with E-state index in [-0.39, 0.29) is 29.6 Å². The van der Waals surface area contributed by atoms with Crippen LogP contribution in [0.2, 0.25) is 0 Å². The molecule has 1 rings (SSSR count). The SMILES string of the molecule is CCCN(CCC)[S-](=O)=O.O=C(O)c1ccccc1.[Na+]. The number of nitrogens with zero attached hydrogens (tertiary/aromatic N) is 1. The van der Waals surface area contributed by atoms with Crippen LogP contribution in [0.4, 0.5) is 0 Å². The van der Waals surface area contributed by atoms with Gasteiger partial charge in [0.2, 0.25) is 0 Å². The molecule has 0 radical (unpaired) electrons. The van der Waals surface area contributed by atoms with Crippen LogP contribution in [0.15, 0.2) is 30.3 Å². The normalized spacial score (nSPS) is 9.60. The zero-order valence-corrected chi connectivity index (χ0v) is 15.1. The van der Waals surface area contributed by atoms with Gasteiger partial charge in [0.15, 0.2) is 0 Å². The summed E-state index contributed by atoms with van der Waals surface area (Å²) in [6, 6.07) is 8.30. The number of hydrogen-bond donors (Lipinski definition) is 1. The molecular weight excluding hydrogens is 289 g/mol. The van der Waals surface area contributed by atoms with Gasteiger partial charge < -0.3 is 17.8 Å². The van der Waals surface area contributed by atoms with Crippen LogP contribution >= 0.6 is 0 Å². The molecule has 1 N–H and O–H groups in total. The van der Waals surface area contributed by atoms with Gasteiger partial charge in [0.05, 0.1) is 5.56 Å². The average molecular weight is 309 g/mol. The molecule has 0 saturated heterocycles. The Kier molecular flexibility index (Phi) is 14.9. The molecule has 5 nitrogen and oxygen atoms in total. The quantitative estimate of drug-likeness (QED) is 0.579. The Morgan fingerprint density at radius 2 is 1.55 bits per heavy atom. The number of benzene rings is 1. The second-order valence-electron chi connectivity index (χ2n) is 3.82. The van der Waals surface area contributed by atoms with Crippen molar-refractivity contribution in [1.82, 2.24) is 4.31 Å². The summed E-state index contributed by atoms with van der Waals surface area (Å²) >= 11 is 0. The Morgan fingerprint density at radius 3 is 1.80 bits per heavy atom. The number of carbonyl (C=O) groups is 1. The molecule has 0 unspecified atom stereocenters. The first kappa shape index (κ1) is 21.9. The molecule has 0 atom stereocenters. The molecule has 0 heterocycles. The Morgan fingerprint density at radius 1 is 1.10 bits per heavy atom. The maximum Gasteiger partial charge on any atom is 1.00 e. The fraction of sp³-hybridized carbons (Fsp3) is 0.462. The monoisotopic (exact) mass is 309 g/mol. The van der Waals surface area contributed by atoms with Crippen LogP contribution in [0.5, 0.6) is 0 Å². The molecule has 0 bridgehead atoms. The van der Waals surface area contributed by atoms with E-state index in [2.05, 4.69) is 0 Å². The van der Waals surface area contributed by atoms with Gasteiger partial charge in [-0.2, -0.15) is 0 Å². The third kappa shape index (κ3) is 10.4. The van der Waals surface area contributed by atoms with Crippen LogP contribution in [0.25, 0.3) is 0 Å². The van der Waals surface area contributed by atoms with E-state index in [9.17, 15) is 13.2 Å². The van der Waals surface area contributed by atoms with Crippen LogP contribution in [-0.4, -0.2) is 28.5 Å². The number of aromatic carboxylic acids is 1. The zero-order chi connectivity index (χ0) is 14.7. The summed E-state index contributed by atoms with van der Waals surface area (Å²) in [4.78, 5) is 10.2. The van der Waals surface area contributed by atoms with E-state index in [1.165, 1.54) is 4.31 Å². The molecule has 0 aliphatic heterocycles. The van der Waals surface area contributed by atoms with E-state index in [0.29, 0.717) is 18.7 Å². The van der Waals surface area contributed by atoms with Gasteiger partial charge in [-0.3, -0.25) is 0 Å². The number of hydrogen-bond acceptors (Lipinski definition) is 4. The molecule has 0 amide bonds. The summed E-state index contributed by atoms with van der Waals surface area (Å²) in [6.45, 7) is 5.22. The van der Waals surface area contributed by atoms with E-state index >= 15 is 0 Å². The first-order valence-electron chi connectivity index (χ1n) is 6.15. The predicted octanol–water partition coefficient (Wildman–Crippen LogP) is -0.278. The molecule has 7 heteroatoms. The number of rotatable bonds is 6. The zero-order valence-electron chi connectivity index (χ0n) is 12.2. The summed E-state index contributed by atoms with van der Waals surface area (Å²) in [5, 5.41) is 8.38. The largest absolute Gasteiger partial charge is 1.00 e. The van der Waals surface area contributed by atoms with Gasteiger partial charge in [0.25, 0.3) is 0 Å². The molecule has 0 aliphatic rings. The van der Waals surface area contributed by atoms with Gasteiger partial charge in [0.1, 0.15) is 0 Å². The van der Waals surface area contributed by atoms with Crippen molar-refractivity contribution < 1.29 is 47.9 Å². The first-order chi connectivity index (χ1) is 9.02. The summed E-state index contributed by atoms with van der Waals surface area (Å²) in [5.41, 5.74) is 0.331. The topological polar surface area (TPSA) is 74.7 Å². The Labute approximate surface area is 144 Å². The Balaban J connectivity index is 0. The van der Waals surface area contributed by atoms with Crippen molar-refractivity contribution in [1.29, 1.82) is 0 Å². The molecular formula is C13H20NNaO4S. The van der Waals surface area contributed by atoms with Crippen molar-refractivity contribution in [2.75, 3.05) is 13.1 Å². The molecule has 108 valence electrons. The summed E-state index contributed by atoms with van der Waals surface area (Å²) in [5.74, 6) is -0.879. The molecule has 0 saturated carbocycles. The van der Waals surface area contributed by atoms with Crippen LogP contribution in [-0.2, 0) is 19.3 Å². The van der Waals surface area contributed by atoms with Crippen molar-refractivity contribution in [3.63, 3.8) is 0 Å². The van der Waals surface area contributed by atoms with Gasteiger partial charge in [-0.15, -0.1) is 0 Å². The van der Waals surface area contributed by atoms with E-state index in [1.54, 1.807) is 30.3 Å². The van der Waals surface area contributed by atoms with E-state index < -0.39 is 16.9 Å². The van der Waals surface area contributed by atoms with Crippen LogP contribution < -0.4 is 29.6 Å². The second-order valence-corrected chi connectivity index (χ2v) is 4.77. The molecule has 0 aliphatic carbocycles. The molecule has 20 heavy (non-hydrogen) atoms. The van der Waals surface area contributed by atoms with E-state index in [1.807, 2.05) is 13.8 Å². The van der Waals surface area contributed by atoms with E-state index in [0.717, 1.165) is 12.8 Å². The van der Waals surface area contributed by atoms with Gasteiger partial charge in [-0.05, 0) is 49.0 Å².